The van der Waals surface area contributed by atoms with Gasteiger partial charge in [-0.05, 0) is 43.6 Å². The smallest absolute Gasteiger partial charge is 0.191 e. The number of nitrogens with zero attached hydrogens (tertiary/aromatic N) is 3. The summed E-state index contributed by atoms with van der Waals surface area (Å²) in [7, 11) is 1.81. The average molecular weight is 533 g/mol. The van der Waals surface area contributed by atoms with Crippen molar-refractivity contribution in [2.24, 2.45) is 4.99 Å². The highest BCUT2D eigenvalue weighted by Gasteiger charge is 2.23. The van der Waals surface area contributed by atoms with E-state index in [2.05, 4.69) is 25.4 Å². The van der Waals surface area contributed by atoms with Crippen molar-refractivity contribution in [2.45, 2.75) is 31.7 Å². The first kappa shape index (κ1) is 25.3. The molecule has 2 heterocycles. The van der Waals surface area contributed by atoms with Crippen LogP contribution in [0, 0.1) is 5.82 Å². The van der Waals surface area contributed by atoms with Crippen molar-refractivity contribution in [1.82, 2.24) is 20.4 Å². The summed E-state index contributed by atoms with van der Waals surface area (Å²) in [5.41, 5.74) is 1.11. The van der Waals surface area contributed by atoms with Crippen LogP contribution in [0.4, 0.5) is 4.39 Å². The summed E-state index contributed by atoms with van der Waals surface area (Å²) in [4.78, 5) is 9.33. The zero-order chi connectivity index (χ0) is 20.3. The summed E-state index contributed by atoms with van der Waals surface area (Å²) in [5, 5.41) is 6.92. The number of nitrogens with one attached hydrogen (secondary N) is 2. The van der Waals surface area contributed by atoms with E-state index in [-0.39, 0.29) is 35.8 Å². The number of likely N-dealkylation sites (tertiary alicyclic amines) is 1. The third-order valence-corrected chi connectivity index (χ3v) is 5.85. The van der Waals surface area contributed by atoms with Crippen molar-refractivity contribution in [3.63, 3.8) is 0 Å². The lowest BCUT2D eigenvalue weighted by atomic mass is 10.0. The summed E-state index contributed by atoms with van der Waals surface area (Å²) >= 11 is 0. The molecular weight excluding hydrogens is 496 g/mol. The molecule has 2 aliphatic rings. The van der Waals surface area contributed by atoms with Crippen LogP contribution in [-0.2, 0) is 4.74 Å². The number of hydrogen-bond acceptors (Lipinski definition) is 4. The Bertz CT molecular complexity index is 616. The maximum Gasteiger partial charge on any atom is 0.191 e. The van der Waals surface area contributed by atoms with Crippen molar-refractivity contribution in [1.29, 1.82) is 0 Å². The van der Waals surface area contributed by atoms with Gasteiger partial charge < -0.3 is 20.3 Å². The van der Waals surface area contributed by atoms with Gasteiger partial charge in [0.05, 0.1) is 19.3 Å². The van der Waals surface area contributed by atoms with E-state index in [4.69, 9.17) is 4.74 Å². The minimum Gasteiger partial charge on any atom is -0.379 e. The fourth-order valence-electron chi connectivity index (χ4n) is 4.14. The lowest BCUT2D eigenvalue weighted by Crippen LogP contribution is -2.47. The minimum absolute atomic E-state index is 0. The SMILES string of the molecule is CN=C(NCCN1CCCCCC1)NCC(c1ccc(F)cc1)N1CCOCC1.I. The molecule has 2 N–H and O–H groups in total. The molecule has 0 bridgehead atoms. The van der Waals surface area contributed by atoms with Gasteiger partial charge in [-0.2, -0.15) is 0 Å². The Labute approximate surface area is 197 Å². The molecule has 3 rings (SSSR count). The molecule has 0 saturated carbocycles. The van der Waals surface area contributed by atoms with Gasteiger partial charge in [0.15, 0.2) is 5.96 Å². The number of guanidine groups is 1. The molecular formula is C22H37FIN5O. The van der Waals surface area contributed by atoms with Gasteiger partial charge in [0, 0.05) is 39.8 Å². The zero-order valence-electron chi connectivity index (χ0n) is 18.1. The van der Waals surface area contributed by atoms with E-state index in [1.165, 1.54) is 50.9 Å². The highest BCUT2D eigenvalue weighted by atomic mass is 127. The van der Waals surface area contributed by atoms with E-state index in [9.17, 15) is 4.39 Å². The molecule has 0 aromatic heterocycles. The summed E-state index contributed by atoms with van der Waals surface area (Å²) in [6, 6.07) is 7.00. The van der Waals surface area contributed by atoms with Crippen LogP contribution in [0.3, 0.4) is 0 Å². The average Bonchev–Trinajstić information content (AvgIpc) is 3.03. The molecule has 0 aliphatic carbocycles. The van der Waals surface area contributed by atoms with Gasteiger partial charge in [0.1, 0.15) is 5.82 Å². The van der Waals surface area contributed by atoms with Crippen LogP contribution in [-0.4, -0.2) is 81.8 Å². The Kier molecular flexibility index (Phi) is 11.9. The molecule has 0 amide bonds. The lowest BCUT2D eigenvalue weighted by molar-refractivity contribution is 0.0170. The molecule has 0 radical (unpaired) electrons. The van der Waals surface area contributed by atoms with Gasteiger partial charge in [0.2, 0.25) is 0 Å². The molecule has 1 aromatic rings. The third kappa shape index (κ3) is 8.28. The molecule has 2 aliphatic heterocycles. The maximum atomic E-state index is 13.4. The molecule has 0 spiro atoms. The number of halogens is 2. The van der Waals surface area contributed by atoms with Crippen molar-refractivity contribution < 1.29 is 9.13 Å². The Morgan fingerprint density at radius 1 is 1.03 bits per heavy atom. The second-order valence-electron chi connectivity index (χ2n) is 7.85. The summed E-state index contributed by atoms with van der Waals surface area (Å²) in [5.74, 6) is 0.619. The first-order valence-corrected chi connectivity index (χ1v) is 11.0. The number of morpholine rings is 1. The van der Waals surface area contributed by atoms with E-state index in [0.29, 0.717) is 0 Å². The molecule has 2 fully saturated rings. The molecule has 1 aromatic carbocycles. The molecule has 1 atom stereocenters. The van der Waals surface area contributed by atoms with Gasteiger partial charge >= 0.3 is 0 Å². The van der Waals surface area contributed by atoms with E-state index < -0.39 is 0 Å². The minimum atomic E-state index is -0.201. The van der Waals surface area contributed by atoms with Crippen LogP contribution in [0.5, 0.6) is 0 Å². The van der Waals surface area contributed by atoms with Gasteiger partial charge in [-0.15, -0.1) is 24.0 Å². The quantitative estimate of drug-likeness (QED) is 0.321. The van der Waals surface area contributed by atoms with Crippen molar-refractivity contribution in [3.05, 3.63) is 35.6 Å². The van der Waals surface area contributed by atoms with Gasteiger partial charge in [-0.1, -0.05) is 25.0 Å². The van der Waals surface area contributed by atoms with Gasteiger partial charge in [0.25, 0.3) is 0 Å². The Morgan fingerprint density at radius 3 is 2.33 bits per heavy atom. The van der Waals surface area contributed by atoms with Gasteiger partial charge in [-0.3, -0.25) is 9.89 Å². The van der Waals surface area contributed by atoms with Crippen molar-refractivity contribution >= 4 is 29.9 Å². The third-order valence-electron chi connectivity index (χ3n) is 5.85. The second kappa shape index (κ2) is 14.2. The highest BCUT2D eigenvalue weighted by molar-refractivity contribution is 14.0. The number of ether oxygens (including phenoxy) is 1. The second-order valence-corrected chi connectivity index (χ2v) is 7.85. The summed E-state index contributed by atoms with van der Waals surface area (Å²) < 4.78 is 18.9. The topological polar surface area (TPSA) is 52.1 Å². The molecule has 170 valence electrons. The first-order chi connectivity index (χ1) is 14.3. The van der Waals surface area contributed by atoms with Crippen LogP contribution in [0.2, 0.25) is 0 Å². The Balaban J connectivity index is 0.00000320. The zero-order valence-corrected chi connectivity index (χ0v) is 20.4. The fraction of sp³-hybridized carbons (Fsp3) is 0.682. The number of aliphatic imine (C=N–C) groups is 1. The summed E-state index contributed by atoms with van der Waals surface area (Å²) in [6.45, 7) is 8.30. The van der Waals surface area contributed by atoms with E-state index in [0.717, 1.165) is 57.5 Å². The number of rotatable bonds is 7. The van der Waals surface area contributed by atoms with E-state index in [1.54, 1.807) is 0 Å². The van der Waals surface area contributed by atoms with Crippen LogP contribution < -0.4 is 10.6 Å². The number of hydrogen-bond donors (Lipinski definition) is 2. The van der Waals surface area contributed by atoms with Crippen molar-refractivity contribution in [3.8, 4) is 0 Å². The molecule has 8 heteroatoms. The summed E-state index contributed by atoms with van der Waals surface area (Å²) in [6.07, 6.45) is 5.34. The largest absolute Gasteiger partial charge is 0.379 e. The van der Waals surface area contributed by atoms with Crippen LogP contribution >= 0.6 is 24.0 Å². The standard InChI is InChI=1S/C22H36FN5O.HI/c1-24-22(25-10-13-27-11-4-2-3-5-12-27)26-18-21(28-14-16-29-17-15-28)19-6-8-20(23)9-7-19;/h6-9,21H,2-5,10-18H2,1H3,(H2,24,25,26);1H. The molecule has 2 saturated heterocycles. The first-order valence-electron chi connectivity index (χ1n) is 11.0. The molecule has 30 heavy (non-hydrogen) atoms. The molecule has 1 unspecified atom stereocenters. The Hall–Kier alpha value is -0.970. The van der Waals surface area contributed by atoms with Crippen LogP contribution in [0.15, 0.2) is 29.3 Å². The fourth-order valence-corrected chi connectivity index (χ4v) is 4.14. The van der Waals surface area contributed by atoms with E-state index >= 15 is 0 Å². The lowest BCUT2D eigenvalue weighted by Gasteiger charge is -2.35. The van der Waals surface area contributed by atoms with Crippen LogP contribution in [0.1, 0.15) is 37.3 Å². The molecule has 6 nitrogen and oxygen atoms in total. The number of benzene rings is 1. The normalized spacial score (nSPS) is 20.1. The Morgan fingerprint density at radius 2 is 1.70 bits per heavy atom. The highest BCUT2D eigenvalue weighted by Crippen LogP contribution is 2.21. The monoisotopic (exact) mass is 533 g/mol. The predicted molar refractivity (Wildman–Crippen MR) is 131 cm³/mol. The maximum absolute atomic E-state index is 13.4. The van der Waals surface area contributed by atoms with Crippen molar-refractivity contribution in [2.75, 3.05) is 66.1 Å². The van der Waals surface area contributed by atoms with Gasteiger partial charge in [-0.25, -0.2) is 4.39 Å². The van der Waals surface area contributed by atoms with E-state index in [1.807, 2.05) is 19.2 Å². The predicted octanol–water partition coefficient (Wildman–Crippen LogP) is 2.86. The van der Waals surface area contributed by atoms with Crippen LogP contribution in [0.25, 0.3) is 0 Å².